The molecule has 0 fully saturated rings. The van der Waals surface area contributed by atoms with Crippen molar-refractivity contribution < 1.29 is 0 Å². The molecule has 0 spiro atoms. The second-order valence-electron chi connectivity index (χ2n) is 6.56. The Morgan fingerprint density at radius 3 is 2.70 bits per heavy atom. The highest BCUT2D eigenvalue weighted by atomic mass is 35.5. The van der Waals surface area contributed by atoms with Gasteiger partial charge in [0.05, 0.1) is 5.52 Å². The Labute approximate surface area is 165 Å². The summed E-state index contributed by atoms with van der Waals surface area (Å²) in [6, 6.07) is 9.84. The van der Waals surface area contributed by atoms with Crippen molar-refractivity contribution in [3.63, 3.8) is 0 Å². The van der Waals surface area contributed by atoms with Gasteiger partial charge in [-0.1, -0.05) is 24.9 Å². The molecule has 0 aliphatic carbocycles. The van der Waals surface area contributed by atoms with Crippen molar-refractivity contribution in [2.75, 3.05) is 23.7 Å². The minimum Gasteiger partial charge on any atom is -0.384 e. The van der Waals surface area contributed by atoms with Crippen molar-refractivity contribution in [3.8, 4) is 0 Å². The first kappa shape index (κ1) is 19.4. The van der Waals surface area contributed by atoms with E-state index < -0.39 is 0 Å². The minimum absolute atomic E-state index is 0.713. The Kier molecular flexibility index (Phi) is 7.22. The third-order valence-electron chi connectivity index (χ3n) is 4.38. The molecule has 3 rings (SSSR count). The highest BCUT2D eigenvalue weighted by Gasteiger charge is 2.03. The van der Waals surface area contributed by atoms with Gasteiger partial charge in [-0.25, -0.2) is 9.97 Å². The van der Waals surface area contributed by atoms with Gasteiger partial charge in [0, 0.05) is 47.3 Å². The van der Waals surface area contributed by atoms with Crippen LogP contribution in [0.3, 0.4) is 0 Å². The molecule has 27 heavy (non-hydrogen) atoms. The molecule has 0 amide bonds. The van der Waals surface area contributed by atoms with Gasteiger partial charge in [0.25, 0.3) is 0 Å². The van der Waals surface area contributed by atoms with E-state index in [2.05, 4.69) is 32.5 Å². The van der Waals surface area contributed by atoms with E-state index >= 15 is 0 Å². The highest BCUT2D eigenvalue weighted by Crippen LogP contribution is 2.24. The molecule has 6 heteroatoms. The standard InChI is InChI=1S/C21H26ClN5/c1-2-11-25-21-26-13-9-17(27-21)6-4-3-5-12-23-19-10-14-24-20-15-16(22)7-8-18(19)20/h7-10,13-15H,2-6,11-12H2,1H3,(H,23,24)(H,25,26,27). The summed E-state index contributed by atoms with van der Waals surface area (Å²) >= 11 is 6.04. The molecule has 2 N–H and O–H groups in total. The summed E-state index contributed by atoms with van der Waals surface area (Å²) in [5.74, 6) is 0.737. The van der Waals surface area contributed by atoms with Gasteiger partial charge in [-0.3, -0.25) is 4.98 Å². The van der Waals surface area contributed by atoms with Crippen molar-refractivity contribution >= 4 is 34.1 Å². The first-order valence-corrected chi connectivity index (χ1v) is 9.98. The molecule has 2 aromatic heterocycles. The number of anilines is 2. The van der Waals surface area contributed by atoms with Crippen LogP contribution in [0.15, 0.2) is 42.7 Å². The van der Waals surface area contributed by atoms with E-state index in [9.17, 15) is 0 Å². The first-order valence-electron chi connectivity index (χ1n) is 9.60. The molecular weight excluding hydrogens is 358 g/mol. The number of nitrogens with zero attached hydrogens (tertiary/aromatic N) is 3. The van der Waals surface area contributed by atoms with Crippen molar-refractivity contribution in [2.24, 2.45) is 0 Å². The summed E-state index contributed by atoms with van der Waals surface area (Å²) in [7, 11) is 0. The molecule has 3 aromatic rings. The lowest BCUT2D eigenvalue weighted by atomic mass is 10.1. The van der Waals surface area contributed by atoms with E-state index in [1.807, 2.05) is 42.7 Å². The van der Waals surface area contributed by atoms with Crippen LogP contribution in [0.25, 0.3) is 10.9 Å². The Balaban J connectivity index is 1.41. The summed E-state index contributed by atoms with van der Waals surface area (Å²) in [6.07, 6.45) is 9.11. The predicted octanol–water partition coefficient (Wildman–Crippen LogP) is 5.33. The van der Waals surface area contributed by atoms with Gasteiger partial charge >= 0.3 is 0 Å². The minimum atomic E-state index is 0.713. The first-order chi connectivity index (χ1) is 13.3. The van der Waals surface area contributed by atoms with Crippen molar-refractivity contribution in [3.05, 3.63) is 53.4 Å². The van der Waals surface area contributed by atoms with Crippen LogP contribution in [0.4, 0.5) is 11.6 Å². The van der Waals surface area contributed by atoms with Crippen molar-refractivity contribution in [2.45, 2.75) is 39.0 Å². The zero-order chi connectivity index (χ0) is 18.9. The number of pyridine rings is 1. The van der Waals surface area contributed by atoms with Crippen LogP contribution in [0, 0.1) is 0 Å². The van der Waals surface area contributed by atoms with E-state index in [4.69, 9.17) is 11.6 Å². The Hall–Kier alpha value is -2.40. The van der Waals surface area contributed by atoms with E-state index in [0.29, 0.717) is 5.02 Å². The number of aryl methyl sites for hydroxylation is 1. The third-order valence-corrected chi connectivity index (χ3v) is 4.61. The van der Waals surface area contributed by atoms with Crippen molar-refractivity contribution in [1.29, 1.82) is 0 Å². The van der Waals surface area contributed by atoms with Gasteiger partial charge in [0.15, 0.2) is 0 Å². The predicted molar refractivity (Wildman–Crippen MR) is 114 cm³/mol. The lowest BCUT2D eigenvalue weighted by Gasteiger charge is -2.09. The highest BCUT2D eigenvalue weighted by molar-refractivity contribution is 6.31. The lowest BCUT2D eigenvalue weighted by molar-refractivity contribution is 0.689. The van der Waals surface area contributed by atoms with Gasteiger partial charge < -0.3 is 10.6 Å². The van der Waals surface area contributed by atoms with E-state index in [1.165, 1.54) is 0 Å². The molecule has 0 aliphatic heterocycles. The maximum absolute atomic E-state index is 6.04. The van der Waals surface area contributed by atoms with Crippen LogP contribution >= 0.6 is 11.6 Å². The molecule has 0 aliphatic rings. The quantitative estimate of drug-likeness (QED) is 0.463. The molecule has 0 saturated carbocycles. The summed E-state index contributed by atoms with van der Waals surface area (Å²) in [5.41, 5.74) is 3.14. The van der Waals surface area contributed by atoms with Gasteiger partial charge in [0.1, 0.15) is 0 Å². The SMILES string of the molecule is CCCNc1nccc(CCCCCNc2ccnc3cc(Cl)ccc23)n1. The normalized spacial score (nSPS) is 10.9. The maximum atomic E-state index is 6.04. The van der Waals surface area contributed by atoms with E-state index in [-0.39, 0.29) is 0 Å². The number of nitrogens with one attached hydrogen (secondary N) is 2. The number of benzene rings is 1. The fraction of sp³-hybridized carbons (Fsp3) is 0.381. The van der Waals surface area contributed by atoms with Gasteiger partial charge in [0.2, 0.25) is 5.95 Å². The van der Waals surface area contributed by atoms with Gasteiger partial charge in [-0.2, -0.15) is 0 Å². The van der Waals surface area contributed by atoms with Crippen LogP contribution in [0.1, 0.15) is 38.3 Å². The molecule has 5 nitrogen and oxygen atoms in total. The molecule has 0 saturated heterocycles. The van der Waals surface area contributed by atoms with Gasteiger partial charge in [-0.05, 0) is 56.0 Å². The van der Waals surface area contributed by atoms with Crippen LogP contribution in [-0.2, 0) is 6.42 Å². The molecule has 0 unspecified atom stereocenters. The number of aromatic nitrogens is 3. The number of rotatable bonds is 10. The second kappa shape index (κ2) is 10.1. The van der Waals surface area contributed by atoms with E-state index in [0.717, 1.165) is 73.4 Å². The molecule has 0 bridgehead atoms. The Morgan fingerprint density at radius 2 is 1.81 bits per heavy atom. The zero-order valence-electron chi connectivity index (χ0n) is 15.7. The Bertz CT molecular complexity index is 868. The molecule has 1 aromatic carbocycles. The second-order valence-corrected chi connectivity index (χ2v) is 6.99. The molecule has 142 valence electrons. The molecule has 0 atom stereocenters. The topological polar surface area (TPSA) is 62.7 Å². The fourth-order valence-electron chi connectivity index (χ4n) is 2.96. The van der Waals surface area contributed by atoms with Crippen LogP contribution in [0.2, 0.25) is 5.02 Å². The number of hydrogen-bond donors (Lipinski definition) is 2. The third kappa shape index (κ3) is 5.79. The zero-order valence-corrected chi connectivity index (χ0v) is 16.5. The Morgan fingerprint density at radius 1 is 0.926 bits per heavy atom. The summed E-state index contributed by atoms with van der Waals surface area (Å²) < 4.78 is 0. The lowest BCUT2D eigenvalue weighted by Crippen LogP contribution is -2.06. The van der Waals surface area contributed by atoms with Crippen LogP contribution in [-0.4, -0.2) is 28.0 Å². The van der Waals surface area contributed by atoms with Crippen LogP contribution < -0.4 is 10.6 Å². The summed E-state index contributed by atoms with van der Waals surface area (Å²) in [5, 5.41) is 8.57. The molecule has 2 heterocycles. The number of unbranched alkanes of at least 4 members (excludes halogenated alkanes) is 2. The van der Waals surface area contributed by atoms with E-state index in [1.54, 1.807) is 0 Å². The average Bonchev–Trinajstić information content (AvgIpc) is 2.69. The fourth-order valence-corrected chi connectivity index (χ4v) is 3.13. The number of hydrogen-bond acceptors (Lipinski definition) is 5. The monoisotopic (exact) mass is 383 g/mol. The maximum Gasteiger partial charge on any atom is 0.222 e. The average molecular weight is 384 g/mol. The summed E-state index contributed by atoms with van der Waals surface area (Å²) in [6.45, 7) is 3.98. The van der Waals surface area contributed by atoms with Crippen molar-refractivity contribution in [1.82, 2.24) is 15.0 Å². The van der Waals surface area contributed by atoms with Crippen LogP contribution in [0.5, 0.6) is 0 Å². The molecule has 0 radical (unpaired) electrons. The summed E-state index contributed by atoms with van der Waals surface area (Å²) in [4.78, 5) is 13.2. The number of halogens is 1. The van der Waals surface area contributed by atoms with Gasteiger partial charge in [-0.15, -0.1) is 0 Å². The number of fused-ring (bicyclic) bond motifs is 1. The molecular formula is C21H26ClN5. The largest absolute Gasteiger partial charge is 0.384 e. The smallest absolute Gasteiger partial charge is 0.222 e.